The minimum Gasteiger partial charge on any atom is -0.456 e. The topological polar surface area (TPSA) is 114 Å². The molecule has 0 bridgehead atoms. The minimum atomic E-state index is -0.674. The quantitative estimate of drug-likeness (QED) is 0.757. The normalized spacial score (nSPS) is 18.6. The van der Waals surface area contributed by atoms with E-state index in [1.165, 1.54) is 4.90 Å². The summed E-state index contributed by atoms with van der Waals surface area (Å²) in [6.45, 7) is 1.30. The van der Waals surface area contributed by atoms with Gasteiger partial charge in [0.15, 0.2) is 5.82 Å². The zero-order chi connectivity index (χ0) is 19.8. The summed E-state index contributed by atoms with van der Waals surface area (Å²) < 4.78 is 10.0. The van der Waals surface area contributed by atoms with Crippen molar-refractivity contribution in [2.45, 2.75) is 13.0 Å². The first-order valence-electron chi connectivity index (χ1n) is 8.39. The third-order valence-electron chi connectivity index (χ3n) is 4.40. The molecule has 2 aliphatic heterocycles. The van der Waals surface area contributed by atoms with Gasteiger partial charge < -0.3 is 19.9 Å². The molecule has 0 unspecified atom stereocenters. The van der Waals surface area contributed by atoms with E-state index in [0.717, 1.165) is 0 Å². The number of aromatic nitrogens is 1. The van der Waals surface area contributed by atoms with Crippen LogP contribution in [-0.2, 0) is 14.3 Å². The second-order valence-corrected chi connectivity index (χ2v) is 6.76. The lowest BCUT2D eigenvalue weighted by atomic mass is 9.96. The number of rotatable bonds is 4. The average Bonchev–Trinajstić information content (AvgIpc) is 3.24. The number of esters is 1. The highest BCUT2D eigenvalue weighted by molar-refractivity contribution is 6.30. The Bertz CT molecular complexity index is 998. The third kappa shape index (κ3) is 3.31. The summed E-state index contributed by atoms with van der Waals surface area (Å²) in [4.78, 5) is 38.5. The van der Waals surface area contributed by atoms with Crippen molar-refractivity contribution in [3.8, 4) is 0 Å². The van der Waals surface area contributed by atoms with Crippen LogP contribution in [0.2, 0.25) is 5.02 Å². The van der Waals surface area contributed by atoms with E-state index in [1.807, 2.05) is 0 Å². The molecule has 3 heterocycles. The molecule has 2 N–H and O–H groups in total. The fourth-order valence-corrected chi connectivity index (χ4v) is 3.26. The molecule has 1 atom stereocenters. The van der Waals surface area contributed by atoms with Crippen LogP contribution in [0, 0.1) is 6.92 Å². The fourth-order valence-electron chi connectivity index (χ4n) is 3.13. The van der Waals surface area contributed by atoms with Crippen molar-refractivity contribution in [3.63, 3.8) is 0 Å². The smallest absolute Gasteiger partial charge is 0.338 e. The van der Waals surface area contributed by atoms with Crippen molar-refractivity contribution in [3.05, 3.63) is 57.9 Å². The molecule has 2 aliphatic rings. The van der Waals surface area contributed by atoms with E-state index in [2.05, 4.69) is 15.8 Å². The van der Waals surface area contributed by atoms with Gasteiger partial charge in [-0.15, -0.1) is 0 Å². The Labute approximate surface area is 164 Å². The molecule has 144 valence electrons. The summed E-state index contributed by atoms with van der Waals surface area (Å²) in [5.41, 5.74) is 1.35. The number of nitrogens with zero attached hydrogens (tertiary/aromatic N) is 2. The second kappa shape index (κ2) is 7.01. The highest BCUT2D eigenvalue weighted by Gasteiger charge is 2.42. The highest BCUT2D eigenvalue weighted by Crippen LogP contribution is 2.35. The molecule has 0 radical (unpaired) electrons. The third-order valence-corrected chi connectivity index (χ3v) is 4.65. The molecule has 0 saturated heterocycles. The number of hydrogen-bond donors (Lipinski definition) is 2. The number of aryl methyl sites for hydroxylation is 1. The molecular formula is C18H15ClN4O5. The Hall–Kier alpha value is -3.33. The Morgan fingerprint density at radius 3 is 2.79 bits per heavy atom. The predicted octanol–water partition coefficient (Wildman–Crippen LogP) is 2.15. The Morgan fingerprint density at radius 2 is 2.11 bits per heavy atom. The van der Waals surface area contributed by atoms with E-state index in [-0.39, 0.29) is 19.0 Å². The lowest BCUT2D eigenvalue weighted by Crippen LogP contribution is -2.49. The van der Waals surface area contributed by atoms with Crippen LogP contribution in [-0.4, -0.2) is 41.1 Å². The van der Waals surface area contributed by atoms with Crippen LogP contribution < -0.4 is 10.6 Å². The number of carbonyl (C=O) groups excluding carboxylic acids is 3. The van der Waals surface area contributed by atoms with Crippen LogP contribution in [0.4, 0.5) is 10.6 Å². The Morgan fingerprint density at radius 1 is 1.36 bits per heavy atom. The lowest BCUT2D eigenvalue weighted by Gasteiger charge is -2.32. The van der Waals surface area contributed by atoms with Gasteiger partial charge in [-0.2, -0.15) is 0 Å². The van der Waals surface area contributed by atoms with E-state index in [0.29, 0.717) is 27.6 Å². The molecule has 28 heavy (non-hydrogen) atoms. The van der Waals surface area contributed by atoms with Crippen molar-refractivity contribution < 1.29 is 23.6 Å². The number of benzene rings is 1. The van der Waals surface area contributed by atoms with Crippen LogP contribution in [0.5, 0.6) is 0 Å². The lowest BCUT2D eigenvalue weighted by molar-refractivity contribution is -0.136. The molecule has 1 aromatic carbocycles. The van der Waals surface area contributed by atoms with E-state index in [1.54, 1.807) is 37.3 Å². The van der Waals surface area contributed by atoms with E-state index < -0.39 is 23.9 Å². The fraction of sp³-hybridized carbons (Fsp3) is 0.222. The van der Waals surface area contributed by atoms with Gasteiger partial charge in [-0.25, -0.2) is 9.59 Å². The van der Waals surface area contributed by atoms with Crippen molar-refractivity contribution in [1.29, 1.82) is 0 Å². The van der Waals surface area contributed by atoms with Crippen molar-refractivity contribution in [2.75, 3.05) is 18.5 Å². The van der Waals surface area contributed by atoms with Gasteiger partial charge in [0.25, 0.3) is 0 Å². The predicted molar refractivity (Wildman–Crippen MR) is 97.3 cm³/mol. The molecule has 4 rings (SSSR count). The monoisotopic (exact) mass is 402 g/mol. The summed E-state index contributed by atoms with van der Waals surface area (Å²) >= 11 is 5.91. The van der Waals surface area contributed by atoms with Crippen molar-refractivity contribution in [1.82, 2.24) is 15.4 Å². The number of carbonyl (C=O) groups is 3. The molecule has 0 saturated carbocycles. The van der Waals surface area contributed by atoms with E-state index in [9.17, 15) is 14.4 Å². The van der Waals surface area contributed by atoms with Crippen molar-refractivity contribution >= 4 is 35.3 Å². The summed E-state index contributed by atoms with van der Waals surface area (Å²) in [6.07, 6.45) is 0. The average molecular weight is 403 g/mol. The van der Waals surface area contributed by atoms with Gasteiger partial charge >= 0.3 is 12.0 Å². The largest absolute Gasteiger partial charge is 0.456 e. The van der Waals surface area contributed by atoms with Gasteiger partial charge in [0, 0.05) is 11.1 Å². The van der Waals surface area contributed by atoms with Crippen molar-refractivity contribution in [2.24, 2.45) is 0 Å². The second-order valence-electron chi connectivity index (χ2n) is 6.33. The number of amides is 3. The molecule has 1 aromatic heterocycles. The van der Waals surface area contributed by atoms with Gasteiger partial charge in [-0.3, -0.25) is 9.69 Å². The summed E-state index contributed by atoms with van der Waals surface area (Å²) in [5, 5.41) is 9.51. The SMILES string of the molecule is Cc1cc(NC(=O)CN2C(=O)N[C@H](c3ccc(Cl)cc3)C3=C2COC3=O)no1. The maximum Gasteiger partial charge on any atom is 0.338 e. The first-order chi connectivity index (χ1) is 13.4. The number of halogens is 1. The van der Waals surface area contributed by atoms with Crippen LogP contribution in [0.3, 0.4) is 0 Å². The zero-order valence-corrected chi connectivity index (χ0v) is 15.4. The molecule has 9 nitrogen and oxygen atoms in total. The minimum absolute atomic E-state index is 0.0813. The van der Waals surface area contributed by atoms with Crippen LogP contribution >= 0.6 is 11.6 Å². The molecule has 3 amide bonds. The first-order valence-corrected chi connectivity index (χ1v) is 8.77. The number of cyclic esters (lactones) is 1. The van der Waals surface area contributed by atoms with Gasteiger partial charge in [-0.1, -0.05) is 28.9 Å². The maximum atomic E-state index is 12.7. The molecule has 10 heteroatoms. The van der Waals surface area contributed by atoms with E-state index >= 15 is 0 Å². The molecular weight excluding hydrogens is 388 g/mol. The highest BCUT2D eigenvalue weighted by atomic mass is 35.5. The molecule has 2 aromatic rings. The summed E-state index contributed by atoms with van der Waals surface area (Å²) in [7, 11) is 0. The Kier molecular flexibility index (Phi) is 4.52. The maximum absolute atomic E-state index is 12.7. The van der Waals surface area contributed by atoms with Gasteiger partial charge in [-0.05, 0) is 24.6 Å². The first kappa shape index (κ1) is 18.1. The van der Waals surface area contributed by atoms with Gasteiger partial charge in [0.2, 0.25) is 5.91 Å². The summed E-state index contributed by atoms with van der Waals surface area (Å²) in [6, 6.07) is 7.15. The van der Waals surface area contributed by atoms with Crippen LogP contribution in [0.15, 0.2) is 46.1 Å². The number of anilines is 1. The Balaban J connectivity index is 1.59. The van der Waals surface area contributed by atoms with Gasteiger partial charge in [0.05, 0.1) is 17.3 Å². The van der Waals surface area contributed by atoms with Crippen LogP contribution in [0.1, 0.15) is 17.4 Å². The van der Waals surface area contributed by atoms with E-state index in [4.69, 9.17) is 20.9 Å². The number of urea groups is 1. The van der Waals surface area contributed by atoms with Gasteiger partial charge in [0.1, 0.15) is 18.9 Å². The number of ether oxygens (including phenoxy) is 1. The molecule has 0 aliphatic carbocycles. The number of nitrogens with one attached hydrogen (secondary N) is 2. The molecule has 0 spiro atoms. The number of hydrogen-bond acceptors (Lipinski definition) is 6. The zero-order valence-electron chi connectivity index (χ0n) is 14.7. The van der Waals surface area contributed by atoms with Crippen LogP contribution in [0.25, 0.3) is 0 Å². The standard InChI is InChI=1S/C18H15ClN4O5/c1-9-6-13(22-28-9)20-14(24)7-23-12-8-27-17(25)15(12)16(21-18(23)26)10-2-4-11(19)5-3-10/h2-6,16H,7-8H2,1H3,(H,21,26)(H,20,22,24)/t16-/m1/s1. The summed E-state index contributed by atoms with van der Waals surface area (Å²) in [5.74, 6) is -0.240. The molecule has 0 fully saturated rings.